The van der Waals surface area contributed by atoms with E-state index in [0.29, 0.717) is 0 Å². The Morgan fingerprint density at radius 2 is 1.81 bits per heavy atom. The maximum Gasteiger partial charge on any atom is 0.321 e. The summed E-state index contributed by atoms with van der Waals surface area (Å²) in [7, 11) is -1.40. The van der Waals surface area contributed by atoms with Gasteiger partial charge < -0.3 is 14.8 Å². The number of nitro groups is 1. The molecule has 0 heterocycles. The standard InChI is InChI=1S/C19H21N3O8S/c1-13-4-7-15(8-5-13)31(27,28)21(2)11-19(24)30-12-18(23)20-16-9-6-14(22(25)26)10-17(16)29-3/h4-10H,11-12H2,1-3H3,(H,20,23). The third-order valence-electron chi connectivity index (χ3n) is 4.12. The van der Waals surface area contributed by atoms with Crippen LogP contribution in [0.15, 0.2) is 47.4 Å². The van der Waals surface area contributed by atoms with Gasteiger partial charge in [0, 0.05) is 13.1 Å². The number of carbonyl (C=O) groups excluding carboxylic acids is 2. The van der Waals surface area contributed by atoms with Crippen molar-refractivity contribution >= 4 is 33.3 Å². The normalized spacial score (nSPS) is 11.1. The second-order valence-corrected chi connectivity index (χ2v) is 8.47. The van der Waals surface area contributed by atoms with Gasteiger partial charge in [-0.1, -0.05) is 17.7 Å². The summed E-state index contributed by atoms with van der Waals surface area (Å²) < 4.78 is 35.6. The van der Waals surface area contributed by atoms with Crippen molar-refractivity contribution in [3.05, 3.63) is 58.1 Å². The minimum absolute atomic E-state index is 0.0245. The van der Waals surface area contributed by atoms with Gasteiger partial charge in [-0.15, -0.1) is 0 Å². The van der Waals surface area contributed by atoms with Gasteiger partial charge in [-0.05, 0) is 25.1 Å². The fraction of sp³-hybridized carbons (Fsp3) is 0.263. The van der Waals surface area contributed by atoms with Gasteiger partial charge in [-0.3, -0.25) is 19.7 Å². The molecule has 0 unspecified atom stereocenters. The summed E-state index contributed by atoms with van der Waals surface area (Å²) in [4.78, 5) is 34.2. The molecule has 0 atom stereocenters. The van der Waals surface area contributed by atoms with Crippen LogP contribution in [-0.2, 0) is 24.3 Å². The van der Waals surface area contributed by atoms with Crippen molar-refractivity contribution in [2.45, 2.75) is 11.8 Å². The number of esters is 1. The minimum Gasteiger partial charge on any atom is -0.494 e. The molecule has 2 aromatic rings. The molecule has 166 valence electrons. The number of hydrogen-bond donors (Lipinski definition) is 1. The first-order chi connectivity index (χ1) is 14.5. The van der Waals surface area contributed by atoms with Crippen molar-refractivity contribution in [2.24, 2.45) is 0 Å². The highest BCUT2D eigenvalue weighted by Crippen LogP contribution is 2.28. The van der Waals surface area contributed by atoms with Crippen LogP contribution in [0.4, 0.5) is 11.4 Å². The lowest BCUT2D eigenvalue weighted by Gasteiger charge is -2.16. The topological polar surface area (TPSA) is 145 Å². The molecule has 1 N–H and O–H groups in total. The van der Waals surface area contributed by atoms with Gasteiger partial charge in [0.2, 0.25) is 10.0 Å². The molecule has 1 amide bonds. The van der Waals surface area contributed by atoms with E-state index in [0.717, 1.165) is 15.9 Å². The van der Waals surface area contributed by atoms with Crippen molar-refractivity contribution in [1.29, 1.82) is 0 Å². The van der Waals surface area contributed by atoms with E-state index in [1.807, 2.05) is 6.92 Å². The summed E-state index contributed by atoms with van der Waals surface area (Å²) in [5, 5.41) is 13.2. The Morgan fingerprint density at radius 1 is 1.16 bits per heavy atom. The Kier molecular flexibility index (Phi) is 7.67. The zero-order valence-electron chi connectivity index (χ0n) is 17.0. The number of hydrogen-bond acceptors (Lipinski definition) is 8. The number of nitrogens with zero attached hydrogens (tertiary/aromatic N) is 2. The number of rotatable bonds is 9. The van der Waals surface area contributed by atoms with Crippen LogP contribution in [0.5, 0.6) is 5.75 Å². The summed E-state index contributed by atoms with van der Waals surface area (Å²) in [5.41, 5.74) is 0.809. The number of benzene rings is 2. The van der Waals surface area contributed by atoms with E-state index in [4.69, 9.17) is 9.47 Å². The lowest BCUT2D eigenvalue weighted by Crippen LogP contribution is -2.34. The van der Waals surface area contributed by atoms with Crippen LogP contribution in [-0.4, -0.2) is 56.8 Å². The smallest absolute Gasteiger partial charge is 0.321 e. The maximum atomic E-state index is 12.5. The first kappa shape index (κ1) is 23.8. The number of carbonyl (C=O) groups is 2. The van der Waals surface area contributed by atoms with E-state index in [-0.39, 0.29) is 22.0 Å². The molecule has 2 rings (SSSR count). The number of aryl methyl sites for hydroxylation is 1. The van der Waals surface area contributed by atoms with Gasteiger partial charge in [0.05, 0.1) is 28.7 Å². The second-order valence-electron chi connectivity index (χ2n) is 6.42. The van der Waals surface area contributed by atoms with E-state index < -0.39 is 40.0 Å². The molecule has 0 aliphatic rings. The fourth-order valence-electron chi connectivity index (χ4n) is 2.43. The second kappa shape index (κ2) is 10.00. The molecule has 0 aliphatic carbocycles. The van der Waals surface area contributed by atoms with E-state index >= 15 is 0 Å². The number of nitrogens with one attached hydrogen (secondary N) is 1. The van der Waals surface area contributed by atoms with Gasteiger partial charge in [0.15, 0.2) is 6.61 Å². The molecular formula is C19H21N3O8S. The minimum atomic E-state index is -3.90. The van der Waals surface area contributed by atoms with Gasteiger partial charge in [0.25, 0.3) is 11.6 Å². The molecule has 2 aromatic carbocycles. The highest BCUT2D eigenvalue weighted by Gasteiger charge is 2.24. The van der Waals surface area contributed by atoms with Crippen LogP contribution in [0.2, 0.25) is 0 Å². The number of anilines is 1. The van der Waals surface area contributed by atoms with E-state index in [1.165, 1.54) is 38.4 Å². The molecule has 12 heteroatoms. The molecule has 0 radical (unpaired) electrons. The van der Waals surface area contributed by atoms with Crippen molar-refractivity contribution < 1.29 is 32.4 Å². The fourth-order valence-corrected chi connectivity index (χ4v) is 3.55. The zero-order chi connectivity index (χ0) is 23.2. The van der Waals surface area contributed by atoms with E-state index in [2.05, 4.69) is 5.32 Å². The van der Waals surface area contributed by atoms with Crippen LogP contribution in [0.3, 0.4) is 0 Å². The summed E-state index contributed by atoms with van der Waals surface area (Å²) >= 11 is 0. The van der Waals surface area contributed by atoms with Crippen LogP contribution >= 0.6 is 0 Å². The molecule has 11 nitrogen and oxygen atoms in total. The Balaban J connectivity index is 1.93. The highest BCUT2D eigenvalue weighted by atomic mass is 32.2. The van der Waals surface area contributed by atoms with Crippen molar-refractivity contribution in [3.63, 3.8) is 0 Å². The Bertz CT molecular complexity index is 1080. The van der Waals surface area contributed by atoms with Crippen molar-refractivity contribution in [2.75, 3.05) is 32.6 Å². The quantitative estimate of drug-likeness (QED) is 0.345. The molecule has 0 aliphatic heterocycles. The SMILES string of the molecule is COc1cc([N+](=O)[O-])ccc1NC(=O)COC(=O)CN(C)S(=O)(=O)c1ccc(C)cc1. The molecule has 0 fully saturated rings. The third kappa shape index (κ3) is 6.23. The first-order valence-electron chi connectivity index (χ1n) is 8.85. The van der Waals surface area contributed by atoms with Gasteiger partial charge in [-0.2, -0.15) is 4.31 Å². The third-order valence-corrected chi connectivity index (χ3v) is 5.93. The molecule has 0 saturated carbocycles. The summed E-state index contributed by atoms with van der Waals surface area (Å²) in [6, 6.07) is 9.71. The van der Waals surface area contributed by atoms with Crippen LogP contribution in [0.1, 0.15) is 5.56 Å². The number of likely N-dealkylation sites (N-methyl/N-ethyl adjacent to an activating group) is 1. The zero-order valence-corrected chi connectivity index (χ0v) is 17.8. The molecule has 0 spiro atoms. The number of non-ortho nitro benzene ring substituents is 1. The Hall–Kier alpha value is -3.51. The molecule has 0 saturated heterocycles. The summed E-state index contributed by atoms with van der Waals surface area (Å²) in [6.07, 6.45) is 0. The van der Waals surface area contributed by atoms with Crippen LogP contribution in [0, 0.1) is 17.0 Å². The van der Waals surface area contributed by atoms with Crippen LogP contribution in [0.25, 0.3) is 0 Å². The largest absolute Gasteiger partial charge is 0.494 e. The molecule has 0 bridgehead atoms. The predicted octanol–water partition coefficient (Wildman–Crippen LogP) is 1.71. The van der Waals surface area contributed by atoms with E-state index in [9.17, 15) is 28.1 Å². The molecule has 31 heavy (non-hydrogen) atoms. The highest BCUT2D eigenvalue weighted by molar-refractivity contribution is 7.89. The maximum absolute atomic E-state index is 12.5. The van der Waals surface area contributed by atoms with Crippen LogP contribution < -0.4 is 10.1 Å². The lowest BCUT2D eigenvalue weighted by molar-refractivity contribution is -0.384. The van der Waals surface area contributed by atoms with Crippen molar-refractivity contribution in [3.8, 4) is 5.75 Å². The van der Waals surface area contributed by atoms with Gasteiger partial charge in [-0.25, -0.2) is 8.42 Å². The average molecular weight is 451 g/mol. The lowest BCUT2D eigenvalue weighted by atomic mass is 10.2. The predicted molar refractivity (Wildman–Crippen MR) is 110 cm³/mol. The average Bonchev–Trinajstić information content (AvgIpc) is 2.72. The molecular weight excluding hydrogens is 430 g/mol. The number of amides is 1. The number of ether oxygens (including phenoxy) is 2. The Labute approximate surface area is 178 Å². The summed E-state index contributed by atoms with van der Waals surface area (Å²) in [6.45, 7) is 0.538. The summed E-state index contributed by atoms with van der Waals surface area (Å²) in [5.74, 6) is -1.61. The monoisotopic (exact) mass is 451 g/mol. The first-order valence-corrected chi connectivity index (χ1v) is 10.3. The van der Waals surface area contributed by atoms with Crippen molar-refractivity contribution in [1.82, 2.24) is 4.31 Å². The van der Waals surface area contributed by atoms with Gasteiger partial charge >= 0.3 is 5.97 Å². The number of sulfonamides is 1. The Morgan fingerprint density at radius 3 is 2.39 bits per heavy atom. The molecule has 0 aromatic heterocycles. The number of methoxy groups -OCH3 is 1. The van der Waals surface area contributed by atoms with Gasteiger partial charge in [0.1, 0.15) is 12.3 Å². The number of nitro benzene ring substituents is 1. The van der Waals surface area contributed by atoms with E-state index in [1.54, 1.807) is 12.1 Å².